The molecule has 30 heavy (non-hydrogen) atoms. The first-order valence-corrected chi connectivity index (χ1v) is 9.71. The van der Waals surface area contributed by atoms with Gasteiger partial charge in [-0.2, -0.15) is 23.3 Å². The monoisotopic (exact) mass is 444 g/mol. The van der Waals surface area contributed by atoms with Gasteiger partial charge in [-0.1, -0.05) is 18.5 Å². The van der Waals surface area contributed by atoms with Gasteiger partial charge >= 0.3 is 0 Å². The maximum absolute atomic E-state index is 12.9. The summed E-state index contributed by atoms with van der Waals surface area (Å²) in [5.41, 5.74) is 0.976. The molecule has 2 aromatic heterocycles. The molecule has 0 unspecified atom stereocenters. The second kappa shape index (κ2) is 9.36. The molecule has 0 bridgehead atoms. The fraction of sp³-hybridized carbons (Fsp3) is 0.300. The van der Waals surface area contributed by atoms with Gasteiger partial charge in [-0.15, -0.1) is 0 Å². The van der Waals surface area contributed by atoms with Crippen molar-refractivity contribution in [1.82, 2.24) is 24.7 Å². The van der Waals surface area contributed by atoms with Crippen molar-refractivity contribution in [3.63, 3.8) is 0 Å². The molecule has 8 nitrogen and oxygen atoms in total. The molecule has 1 aromatic carbocycles. The van der Waals surface area contributed by atoms with E-state index >= 15 is 0 Å². The molecule has 1 aliphatic rings. The molecule has 0 saturated heterocycles. The molecule has 0 radical (unpaired) electrons. The highest BCUT2D eigenvalue weighted by Crippen LogP contribution is 2.31. The minimum Gasteiger partial charge on any atom is -0.326 e. The quantitative estimate of drug-likeness (QED) is 0.559. The van der Waals surface area contributed by atoms with Crippen molar-refractivity contribution in [2.45, 2.75) is 32.1 Å². The summed E-state index contributed by atoms with van der Waals surface area (Å²) in [7, 11) is 0. The highest BCUT2D eigenvalue weighted by molar-refractivity contribution is 7.59. The Hall–Kier alpha value is -2.78. The summed E-state index contributed by atoms with van der Waals surface area (Å²) in [6.45, 7) is 1.89. The molecule has 4 rings (SSSR count). The summed E-state index contributed by atoms with van der Waals surface area (Å²) < 4.78 is 1.53. The third-order valence-corrected chi connectivity index (χ3v) is 4.90. The van der Waals surface area contributed by atoms with Crippen LogP contribution in [0.4, 0.5) is 5.69 Å². The minimum absolute atomic E-state index is 0. The maximum Gasteiger partial charge on any atom is 0.252 e. The first-order valence-electron chi connectivity index (χ1n) is 9.33. The smallest absolute Gasteiger partial charge is 0.252 e. The Balaban J connectivity index is 0.00000256. The van der Waals surface area contributed by atoms with Gasteiger partial charge in [0, 0.05) is 46.9 Å². The van der Waals surface area contributed by atoms with Crippen molar-refractivity contribution in [3.8, 4) is 5.95 Å². The van der Waals surface area contributed by atoms with Gasteiger partial charge in [0.25, 0.3) is 5.95 Å². The topological polar surface area (TPSA) is 103 Å². The highest BCUT2D eigenvalue weighted by Gasteiger charge is 2.29. The first kappa shape index (κ1) is 21.9. The van der Waals surface area contributed by atoms with E-state index in [4.69, 9.17) is 11.6 Å². The zero-order chi connectivity index (χ0) is 20.4. The number of nitrogens with one attached hydrogen (secondary N) is 1. The lowest BCUT2D eigenvalue weighted by Gasteiger charge is -2.12. The molecule has 1 atom stereocenters. The number of hydrogen-bond donors (Lipinski definition) is 1. The normalized spacial score (nSPS) is 13.9. The van der Waals surface area contributed by atoms with Crippen LogP contribution in [0.5, 0.6) is 0 Å². The fourth-order valence-electron chi connectivity index (χ4n) is 3.04. The van der Waals surface area contributed by atoms with Crippen molar-refractivity contribution in [3.05, 3.63) is 59.4 Å². The van der Waals surface area contributed by atoms with E-state index in [1.165, 1.54) is 11.0 Å². The standard InChI is InChI=1S/C20H19ClN6O2.H2S/c1-12(18-24-11-25-27(18)20-22-5-2-6-23-20)7-17(28)14-8-15(21)10-16(9-14)26-19(29)13-3-4-13;/h2,5-6,8-13H,3-4,7H2,1H3,(H,26,29);1H2/t12-;/m0./s1. The third-order valence-electron chi connectivity index (χ3n) is 4.68. The van der Waals surface area contributed by atoms with Gasteiger partial charge < -0.3 is 5.32 Å². The number of carbonyl (C=O) groups excluding carboxylic acids is 2. The predicted molar refractivity (Wildman–Crippen MR) is 117 cm³/mol. The molecule has 1 N–H and O–H groups in total. The van der Waals surface area contributed by atoms with E-state index in [0.29, 0.717) is 28.0 Å². The van der Waals surface area contributed by atoms with Gasteiger partial charge in [-0.05, 0) is 37.1 Å². The van der Waals surface area contributed by atoms with Crippen LogP contribution in [-0.2, 0) is 4.79 Å². The van der Waals surface area contributed by atoms with Crippen LogP contribution in [0.3, 0.4) is 0 Å². The molecule has 2 heterocycles. The third kappa shape index (κ3) is 5.03. The summed E-state index contributed by atoms with van der Waals surface area (Å²) >= 11 is 6.17. The average Bonchev–Trinajstić information content (AvgIpc) is 3.44. The van der Waals surface area contributed by atoms with E-state index < -0.39 is 0 Å². The number of benzene rings is 1. The average molecular weight is 445 g/mol. The lowest BCUT2D eigenvalue weighted by Crippen LogP contribution is -2.15. The number of rotatable bonds is 7. The van der Waals surface area contributed by atoms with Crippen LogP contribution in [0.1, 0.15) is 48.3 Å². The Labute approximate surface area is 185 Å². The maximum atomic E-state index is 12.9. The van der Waals surface area contributed by atoms with Gasteiger partial charge in [-0.25, -0.2) is 15.0 Å². The van der Waals surface area contributed by atoms with Crippen molar-refractivity contribution >= 4 is 42.5 Å². The molecule has 1 fully saturated rings. The van der Waals surface area contributed by atoms with Gasteiger partial charge in [0.15, 0.2) is 5.78 Å². The molecular weight excluding hydrogens is 424 g/mol. The number of halogens is 1. The van der Waals surface area contributed by atoms with Crippen LogP contribution in [0.2, 0.25) is 5.02 Å². The van der Waals surface area contributed by atoms with Crippen molar-refractivity contribution in [1.29, 1.82) is 0 Å². The molecule has 10 heteroatoms. The van der Waals surface area contributed by atoms with Gasteiger partial charge in [0.05, 0.1) is 0 Å². The molecule has 3 aromatic rings. The van der Waals surface area contributed by atoms with Crippen LogP contribution >= 0.6 is 25.1 Å². The Bertz CT molecular complexity index is 1050. The summed E-state index contributed by atoms with van der Waals surface area (Å²) in [5.74, 6) is 0.693. The molecule has 0 aliphatic heterocycles. The number of carbonyl (C=O) groups is 2. The van der Waals surface area contributed by atoms with E-state index in [0.717, 1.165) is 12.8 Å². The van der Waals surface area contributed by atoms with Crippen molar-refractivity contribution in [2.24, 2.45) is 5.92 Å². The van der Waals surface area contributed by atoms with Crippen LogP contribution in [0.15, 0.2) is 43.0 Å². The summed E-state index contributed by atoms with van der Waals surface area (Å²) in [4.78, 5) is 37.5. The lowest BCUT2D eigenvalue weighted by molar-refractivity contribution is -0.117. The molecule has 156 valence electrons. The second-order valence-corrected chi connectivity index (χ2v) is 7.54. The fourth-order valence-corrected chi connectivity index (χ4v) is 3.28. The predicted octanol–water partition coefficient (Wildman–Crippen LogP) is 3.55. The highest BCUT2D eigenvalue weighted by atomic mass is 35.5. The zero-order valence-corrected chi connectivity index (χ0v) is 18.0. The summed E-state index contributed by atoms with van der Waals surface area (Å²) in [6.07, 6.45) is 6.66. The van der Waals surface area contributed by atoms with Crippen LogP contribution < -0.4 is 5.32 Å². The number of nitrogens with zero attached hydrogens (tertiary/aromatic N) is 5. The Morgan fingerprint density at radius 3 is 2.63 bits per heavy atom. The summed E-state index contributed by atoms with van der Waals surface area (Å²) in [6, 6.07) is 6.62. The molecule has 0 spiro atoms. The van der Waals surface area contributed by atoms with Crippen molar-refractivity contribution in [2.75, 3.05) is 5.32 Å². The number of hydrogen-bond acceptors (Lipinski definition) is 6. The molecular formula is C20H21ClN6O2S. The first-order chi connectivity index (χ1) is 14.0. The minimum atomic E-state index is -0.225. The Kier molecular flexibility index (Phi) is 6.84. The number of anilines is 1. The van der Waals surface area contributed by atoms with Gasteiger partial charge in [-0.3, -0.25) is 9.59 Å². The Morgan fingerprint density at radius 2 is 1.93 bits per heavy atom. The largest absolute Gasteiger partial charge is 0.326 e. The van der Waals surface area contributed by atoms with Gasteiger partial charge in [0.2, 0.25) is 5.91 Å². The van der Waals surface area contributed by atoms with Crippen LogP contribution in [0.25, 0.3) is 5.95 Å². The molecule has 1 aliphatic carbocycles. The SMILES string of the molecule is C[C@@H](CC(=O)c1cc(Cl)cc(NC(=O)C2CC2)c1)c1ncnn1-c1ncccn1.S. The van der Waals surface area contributed by atoms with Crippen molar-refractivity contribution < 1.29 is 9.59 Å². The van der Waals surface area contributed by atoms with Gasteiger partial charge in [0.1, 0.15) is 12.2 Å². The molecule has 1 saturated carbocycles. The van der Waals surface area contributed by atoms with E-state index in [1.54, 1.807) is 36.7 Å². The lowest BCUT2D eigenvalue weighted by atomic mass is 9.98. The number of aromatic nitrogens is 5. The number of Topliss-reactive ketones (excluding diaryl/α,β-unsaturated/α-hetero) is 1. The zero-order valence-electron chi connectivity index (χ0n) is 16.2. The second-order valence-electron chi connectivity index (χ2n) is 7.10. The van der Waals surface area contributed by atoms with E-state index in [1.807, 2.05) is 6.92 Å². The molecule has 1 amide bonds. The van der Waals surface area contributed by atoms with E-state index in [2.05, 4.69) is 25.4 Å². The Morgan fingerprint density at radius 1 is 1.20 bits per heavy atom. The number of amides is 1. The summed E-state index contributed by atoms with van der Waals surface area (Å²) in [5, 5.41) is 7.40. The van der Waals surface area contributed by atoms with Crippen LogP contribution in [-0.4, -0.2) is 36.4 Å². The number of ketones is 1. The van der Waals surface area contributed by atoms with Crippen LogP contribution in [0, 0.1) is 5.92 Å². The van der Waals surface area contributed by atoms with E-state index in [-0.39, 0.29) is 43.4 Å². The van der Waals surface area contributed by atoms with E-state index in [9.17, 15) is 9.59 Å².